The molecule has 0 saturated heterocycles. The van der Waals surface area contributed by atoms with Gasteiger partial charge in [-0.05, 0) is 91.3 Å². The molecule has 0 amide bonds. The largest absolute Gasteiger partial charge is 0.0620 e. The van der Waals surface area contributed by atoms with E-state index < -0.39 is 0 Å². The van der Waals surface area contributed by atoms with Crippen LogP contribution < -0.4 is 0 Å². The zero-order chi connectivity index (χ0) is 14.2. The van der Waals surface area contributed by atoms with E-state index in [4.69, 9.17) is 0 Å². The van der Waals surface area contributed by atoms with E-state index in [9.17, 15) is 0 Å². The summed E-state index contributed by atoms with van der Waals surface area (Å²) in [5, 5.41) is 0. The summed E-state index contributed by atoms with van der Waals surface area (Å²) in [5.41, 5.74) is 2.12. The van der Waals surface area contributed by atoms with Crippen LogP contribution in [0.2, 0.25) is 0 Å². The number of rotatable bonds is 0. The van der Waals surface area contributed by atoms with Gasteiger partial charge in [0.2, 0.25) is 0 Å². The molecule has 0 N–H and O–H groups in total. The molecule has 4 aliphatic carbocycles. The molecule has 0 bridgehead atoms. The van der Waals surface area contributed by atoms with Crippen LogP contribution >= 0.6 is 0 Å². The standard InChI is InChI=1S/C20H34/c1-14-12-20(14)11-8-16-15(13-20)6-7-17-18(2,3)9-5-10-19(16,17)4/h14-17H,5-13H2,1-4H3/t14?,15-,16-,17-,19+,20+/m0/s1. The third-order valence-corrected chi connectivity index (χ3v) is 8.74. The van der Waals surface area contributed by atoms with Gasteiger partial charge in [-0.1, -0.05) is 34.1 Å². The van der Waals surface area contributed by atoms with Gasteiger partial charge in [0.15, 0.2) is 0 Å². The fourth-order valence-electron chi connectivity index (χ4n) is 7.51. The fraction of sp³-hybridized carbons (Fsp3) is 1.00. The highest BCUT2D eigenvalue weighted by molar-refractivity contribution is 5.10. The first-order valence-corrected chi connectivity index (χ1v) is 9.37. The SMILES string of the molecule is CC1C[C@@]12CC[C@H]1[C@@H](CC[C@H]3C(C)(C)CCC[C@]13C)C2. The van der Waals surface area contributed by atoms with Crippen molar-refractivity contribution in [3.05, 3.63) is 0 Å². The van der Waals surface area contributed by atoms with Crippen molar-refractivity contribution in [1.82, 2.24) is 0 Å². The van der Waals surface area contributed by atoms with Crippen LogP contribution in [-0.4, -0.2) is 0 Å². The molecular weight excluding hydrogens is 240 g/mol. The third kappa shape index (κ3) is 1.72. The Morgan fingerprint density at radius 2 is 1.60 bits per heavy atom. The number of hydrogen-bond donors (Lipinski definition) is 0. The normalized spacial score (nSPS) is 57.0. The predicted molar refractivity (Wildman–Crippen MR) is 85.5 cm³/mol. The Morgan fingerprint density at radius 3 is 2.30 bits per heavy atom. The molecule has 0 aromatic rings. The molecule has 0 heteroatoms. The van der Waals surface area contributed by atoms with Crippen LogP contribution in [0.3, 0.4) is 0 Å². The van der Waals surface area contributed by atoms with Crippen LogP contribution in [0.5, 0.6) is 0 Å². The van der Waals surface area contributed by atoms with Crippen LogP contribution in [0.4, 0.5) is 0 Å². The van der Waals surface area contributed by atoms with E-state index in [-0.39, 0.29) is 0 Å². The molecule has 0 radical (unpaired) electrons. The Balaban J connectivity index is 1.60. The van der Waals surface area contributed by atoms with Crippen molar-refractivity contribution in [2.24, 2.45) is 39.9 Å². The molecule has 4 saturated carbocycles. The highest BCUT2D eigenvalue weighted by Gasteiger charge is 2.61. The van der Waals surface area contributed by atoms with Crippen LogP contribution in [0, 0.1) is 39.9 Å². The molecule has 1 unspecified atom stereocenters. The van der Waals surface area contributed by atoms with Crippen molar-refractivity contribution in [2.45, 2.75) is 85.5 Å². The highest BCUT2D eigenvalue weighted by atomic mass is 14.7. The van der Waals surface area contributed by atoms with Gasteiger partial charge in [-0.15, -0.1) is 0 Å². The van der Waals surface area contributed by atoms with Crippen molar-refractivity contribution < 1.29 is 0 Å². The number of hydrogen-bond acceptors (Lipinski definition) is 0. The molecule has 20 heavy (non-hydrogen) atoms. The molecule has 4 fully saturated rings. The van der Waals surface area contributed by atoms with Gasteiger partial charge in [0.1, 0.15) is 0 Å². The van der Waals surface area contributed by atoms with Crippen LogP contribution in [0.15, 0.2) is 0 Å². The molecule has 4 rings (SSSR count). The van der Waals surface area contributed by atoms with Crippen LogP contribution in [0.25, 0.3) is 0 Å². The lowest BCUT2D eigenvalue weighted by Gasteiger charge is -2.61. The molecule has 0 aromatic heterocycles. The average Bonchev–Trinajstić information content (AvgIpc) is 2.96. The van der Waals surface area contributed by atoms with Gasteiger partial charge in [-0.3, -0.25) is 0 Å². The lowest BCUT2D eigenvalue weighted by atomic mass is 9.44. The monoisotopic (exact) mass is 274 g/mol. The van der Waals surface area contributed by atoms with Gasteiger partial charge in [-0.25, -0.2) is 0 Å². The first-order valence-electron chi connectivity index (χ1n) is 9.37. The average molecular weight is 274 g/mol. The molecule has 0 nitrogen and oxygen atoms in total. The van der Waals surface area contributed by atoms with E-state index in [0.29, 0.717) is 10.8 Å². The first kappa shape index (κ1) is 13.6. The first-order chi connectivity index (χ1) is 9.37. The second kappa shape index (κ2) is 4.05. The van der Waals surface area contributed by atoms with E-state index in [1.165, 1.54) is 25.7 Å². The van der Waals surface area contributed by atoms with E-state index in [1.54, 1.807) is 32.1 Å². The fourth-order valence-corrected chi connectivity index (χ4v) is 7.51. The summed E-state index contributed by atoms with van der Waals surface area (Å²) >= 11 is 0. The summed E-state index contributed by atoms with van der Waals surface area (Å²) in [6, 6.07) is 0. The summed E-state index contributed by atoms with van der Waals surface area (Å²) in [6.07, 6.45) is 13.9. The van der Waals surface area contributed by atoms with E-state index in [0.717, 1.165) is 29.1 Å². The Labute approximate surface area is 126 Å². The van der Waals surface area contributed by atoms with Gasteiger partial charge in [0, 0.05) is 0 Å². The Bertz CT molecular complexity index is 408. The van der Waals surface area contributed by atoms with E-state index in [1.807, 2.05) is 0 Å². The van der Waals surface area contributed by atoms with Crippen molar-refractivity contribution in [1.29, 1.82) is 0 Å². The molecule has 6 atom stereocenters. The van der Waals surface area contributed by atoms with Crippen molar-refractivity contribution >= 4 is 0 Å². The molecule has 4 aliphatic rings. The summed E-state index contributed by atoms with van der Waals surface area (Å²) in [7, 11) is 0. The van der Waals surface area contributed by atoms with Crippen LogP contribution in [-0.2, 0) is 0 Å². The predicted octanol–water partition coefficient (Wildman–Crippen LogP) is 6.06. The minimum Gasteiger partial charge on any atom is -0.0620 e. The van der Waals surface area contributed by atoms with Crippen molar-refractivity contribution in [3.63, 3.8) is 0 Å². The summed E-state index contributed by atoms with van der Waals surface area (Å²) in [5.74, 6) is 4.22. The van der Waals surface area contributed by atoms with Crippen LogP contribution in [0.1, 0.15) is 85.5 Å². The molecule has 1 spiro atoms. The van der Waals surface area contributed by atoms with E-state index in [2.05, 4.69) is 27.7 Å². The maximum atomic E-state index is 2.70. The van der Waals surface area contributed by atoms with Crippen molar-refractivity contribution in [3.8, 4) is 0 Å². The van der Waals surface area contributed by atoms with Gasteiger partial charge in [-0.2, -0.15) is 0 Å². The van der Waals surface area contributed by atoms with Gasteiger partial charge in [0.25, 0.3) is 0 Å². The summed E-state index contributed by atoms with van der Waals surface area (Å²) in [6.45, 7) is 10.4. The lowest BCUT2D eigenvalue weighted by Crippen LogP contribution is -2.53. The Morgan fingerprint density at radius 1 is 0.850 bits per heavy atom. The minimum atomic E-state index is 0.611. The Hall–Kier alpha value is 0. The van der Waals surface area contributed by atoms with Gasteiger partial charge in [0.05, 0.1) is 0 Å². The second-order valence-corrected chi connectivity index (χ2v) is 10.1. The molecule has 0 aliphatic heterocycles. The molecule has 0 aromatic carbocycles. The summed E-state index contributed by atoms with van der Waals surface area (Å²) in [4.78, 5) is 0. The van der Waals surface area contributed by atoms with E-state index >= 15 is 0 Å². The third-order valence-electron chi connectivity index (χ3n) is 8.74. The Kier molecular flexibility index (Phi) is 2.76. The molecule has 114 valence electrons. The lowest BCUT2D eigenvalue weighted by molar-refractivity contribution is -0.117. The maximum absolute atomic E-state index is 2.70. The topological polar surface area (TPSA) is 0 Å². The van der Waals surface area contributed by atoms with Gasteiger partial charge < -0.3 is 0 Å². The molecule has 0 heterocycles. The van der Waals surface area contributed by atoms with Gasteiger partial charge >= 0.3 is 0 Å². The second-order valence-electron chi connectivity index (χ2n) is 10.1. The zero-order valence-corrected chi connectivity index (χ0v) is 14.2. The highest BCUT2D eigenvalue weighted by Crippen LogP contribution is 2.70. The number of fused-ring (bicyclic) bond motifs is 3. The maximum Gasteiger partial charge on any atom is -0.0261 e. The smallest absolute Gasteiger partial charge is 0.0261 e. The minimum absolute atomic E-state index is 0.611. The van der Waals surface area contributed by atoms with Crippen molar-refractivity contribution in [2.75, 3.05) is 0 Å². The summed E-state index contributed by atoms with van der Waals surface area (Å²) < 4.78 is 0. The molecular formula is C20H34. The zero-order valence-electron chi connectivity index (χ0n) is 14.2. The quantitative estimate of drug-likeness (QED) is 0.504.